The van der Waals surface area contributed by atoms with Gasteiger partial charge in [-0.1, -0.05) is 26.0 Å². The fourth-order valence-electron chi connectivity index (χ4n) is 1.93. The van der Waals surface area contributed by atoms with Crippen molar-refractivity contribution < 1.29 is 4.79 Å². The highest BCUT2D eigenvalue weighted by molar-refractivity contribution is 8.00. The Hall–Kier alpha value is -1.00. The molecule has 1 unspecified atom stereocenters. The van der Waals surface area contributed by atoms with Crippen LogP contribution in [0.4, 0.5) is 0 Å². The van der Waals surface area contributed by atoms with Crippen molar-refractivity contribution in [2.45, 2.75) is 57.5 Å². The van der Waals surface area contributed by atoms with Gasteiger partial charge in [0.15, 0.2) is 0 Å². The van der Waals surface area contributed by atoms with Crippen LogP contribution < -0.4 is 10.6 Å². The minimum Gasteiger partial charge on any atom is -0.351 e. The average Bonchev–Trinajstić information content (AvgIpc) is 2.45. The zero-order valence-electron chi connectivity index (χ0n) is 13.8. The molecule has 21 heavy (non-hydrogen) atoms. The number of thioether (sulfide) groups is 1. The van der Waals surface area contributed by atoms with Crippen LogP contribution >= 0.6 is 11.8 Å². The lowest BCUT2D eigenvalue weighted by molar-refractivity contribution is -0.120. The van der Waals surface area contributed by atoms with E-state index in [2.05, 4.69) is 55.7 Å². The van der Waals surface area contributed by atoms with Gasteiger partial charge >= 0.3 is 0 Å². The summed E-state index contributed by atoms with van der Waals surface area (Å²) >= 11 is 1.58. The maximum Gasteiger partial charge on any atom is 0.230 e. The topological polar surface area (TPSA) is 41.1 Å². The van der Waals surface area contributed by atoms with E-state index >= 15 is 0 Å². The van der Waals surface area contributed by atoms with E-state index in [0.29, 0.717) is 11.8 Å². The number of carbonyl (C=O) groups is 1. The molecule has 0 saturated carbocycles. The molecule has 118 valence electrons. The number of amides is 1. The minimum absolute atomic E-state index is 0.0944. The number of rotatable bonds is 8. The molecule has 4 heteroatoms. The van der Waals surface area contributed by atoms with Gasteiger partial charge in [0.1, 0.15) is 0 Å². The molecule has 0 aliphatic heterocycles. The Labute approximate surface area is 133 Å². The van der Waals surface area contributed by atoms with Crippen molar-refractivity contribution in [2.75, 3.05) is 12.3 Å². The summed E-state index contributed by atoms with van der Waals surface area (Å²) in [6.07, 6.45) is 0.931. The van der Waals surface area contributed by atoms with Crippen molar-refractivity contribution in [1.29, 1.82) is 0 Å². The maximum absolute atomic E-state index is 11.9. The summed E-state index contributed by atoms with van der Waals surface area (Å²) in [5, 5.41) is 6.45. The molecule has 0 spiro atoms. The fourth-order valence-corrected chi connectivity index (χ4v) is 2.63. The first-order valence-electron chi connectivity index (χ1n) is 7.65. The smallest absolute Gasteiger partial charge is 0.230 e. The molecule has 0 fully saturated rings. The highest BCUT2D eigenvalue weighted by atomic mass is 32.2. The van der Waals surface area contributed by atoms with E-state index in [1.165, 1.54) is 5.56 Å². The molecule has 0 radical (unpaired) electrons. The lowest BCUT2D eigenvalue weighted by Crippen LogP contribution is -2.43. The van der Waals surface area contributed by atoms with Crippen LogP contribution in [-0.4, -0.2) is 23.7 Å². The van der Waals surface area contributed by atoms with Crippen molar-refractivity contribution in [2.24, 2.45) is 0 Å². The molecule has 0 saturated heterocycles. The van der Waals surface area contributed by atoms with Crippen molar-refractivity contribution >= 4 is 17.7 Å². The van der Waals surface area contributed by atoms with Crippen molar-refractivity contribution in [3.8, 4) is 0 Å². The number of hydrogen-bond donors (Lipinski definition) is 2. The van der Waals surface area contributed by atoms with E-state index in [1.54, 1.807) is 11.8 Å². The third kappa shape index (κ3) is 6.53. The molecular weight excluding hydrogens is 280 g/mol. The van der Waals surface area contributed by atoms with E-state index in [9.17, 15) is 4.79 Å². The Bertz CT molecular complexity index is 443. The second-order valence-corrected chi connectivity index (χ2v) is 6.97. The van der Waals surface area contributed by atoms with Gasteiger partial charge in [-0.2, -0.15) is 0 Å². The van der Waals surface area contributed by atoms with Gasteiger partial charge in [0, 0.05) is 16.5 Å². The van der Waals surface area contributed by atoms with E-state index in [4.69, 9.17) is 0 Å². The molecule has 0 bridgehead atoms. The van der Waals surface area contributed by atoms with Crippen LogP contribution in [0, 0.1) is 0 Å². The van der Waals surface area contributed by atoms with Gasteiger partial charge in [0.2, 0.25) is 5.91 Å². The second-order valence-electron chi connectivity index (χ2n) is 5.92. The minimum atomic E-state index is -0.122. The molecule has 1 amide bonds. The van der Waals surface area contributed by atoms with E-state index in [0.717, 1.165) is 17.9 Å². The van der Waals surface area contributed by atoms with Crippen LogP contribution in [0.5, 0.6) is 0 Å². The molecule has 0 heterocycles. The van der Waals surface area contributed by atoms with Gasteiger partial charge in [0.25, 0.3) is 0 Å². The molecule has 0 aromatic heterocycles. The fraction of sp³-hybridized carbons (Fsp3) is 0.588. The summed E-state index contributed by atoms with van der Waals surface area (Å²) in [6.45, 7) is 11.4. The summed E-state index contributed by atoms with van der Waals surface area (Å²) in [5.74, 6) is 0.558. The van der Waals surface area contributed by atoms with Crippen LogP contribution in [0.1, 0.15) is 52.6 Å². The Morgan fingerprint density at radius 2 is 1.86 bits per heavy atom. The zero-order valence-corrected chi connectivity index (χ0v) is 14.6. The molecule has 0 aliphatic carbocycles. The molecule has 1 atom stereocenters. The van der Waals surface area contributed by atoms with Crippen molar-refractivity contribution in [3.63, 3.8) is 0 Å². The molecular formula is C17H28N2OS. The summed E-state index contributed by atoms with van der Waals surface area (Å²) in [7, 11) is 0. The van der Waals surface area contributed by atoms with Gasteiger partial charge in [-0.25, -0.2) is 0 Å². The second kappa shape index (κ2) is 8.44. The van der Waals surface area contributed by atoms with Gasteiger partial charge < -0.3 is 10.6 Å². The summed E-state index contributed by atoms with van der Waals surface area (Å²) in [4.78, 5) is 13.0. The molecule has 0 aliphatic rings. The van der Waals surface area contributed by atoms with E-state index in [1.807, 2.05) is 13.8 Å². The molecule has 2 N–H and O–H groups in total. The Balaban J connectivity index is 2.48. The first-order valence-corrected chi connectivity index (χ1v) is 8.63. The summed E-state index contributed by atoms with van der Waals surface area (Å²) < 4.78 is 0. The Morgan fingerprint density at radius 1 is 1.24 bits per heavy atom. The maximum atomic E-state index is 11.9. The predicted octanol–water partition coefficient (Wildman–Crippen LogP) is 3.75. The zero-order chi connectivity index (χ0) is 15.9. The highest BCUT2D eigenvalue weighted by Gasteiger charge is 2.17. The van der Waals surface area contributed by atoms with Crippen molar-refractivity contribution in [3.05, 3.63) is 29.8 Å². The lowest BCUT2D eigenvalue weighted by atomic mass is 10.0. The first kappa shape index (κ1) is 18.1. The van der Waals surface area contributed by atoms with Gasteiger partial charge in [-0.15, -0.1) is 11.8 Å². The number of benzene rings is 1. The average molecular weight is 308 g/mol. The van der Waals surface area contributed by atoms with Crippen LogP contribution in [0.15, 0.2) is 29.2 Å². The SMILES string of the molecule is CCNC(C)c1ccc(SCC(=O)NC(C)(C)CC)cc1. The third-order valence-electron chi connectivity index (χ3n) is 3.62. The Kier molecular flexibility index (Phi) is 7.26. The quantitative estimate of drug-likeness (QED) is 0.719. The van der Waals surface area contributed by atoms with Crippen LogP contribution in [-0.2, 0) is 4.79 Å². The van der Waals surface area contributed by atoms with Crippen molar-refractivity contribution in [1.82, 2.24) is 10.6 Å². The van der Waals surface area contributed by atoms with Gasteiger partial charge in [-0.05, 0) is 51.4 Å². The summed E-state index contributed by atoms with van der Waals surface area (Å²) in [6, 6.07) is 8.80. The largest absolute Gasteiger partial charge is 0.351 e. The van der Waals surface area contributed by atoms with Gasteiger partial charge in [-0.3, -0.25) is 4.79 Å². The molecule has 1 aromatic rings. The molecule has 1 aromatic carbocycles. The van der Waals surface area contributed by atoms with Crippen LogP contribution in [0.25, 0.3) is 0 Å². The monoisotopic (exact) mass is 308 g/mol. The number of hydrogen-bond acceptors (Lipinski definition) is 3. The number of nitrogens with one attached hydrogen (secondary N) is 2. The Morgan fingerprint density at radius 3 is 2.38 bits per heavy atom. The lowest BCUT2D eigenvalue weighted by Gasteiger charge is -2.24. The van der Waals surface area contributed by atoms with E-state index in [-0.39, 0.29) is 11.4 Å². The summed E-state index contributed by atoms with van der Waals surface area (Å²) in [5.41, 5.74) is 1.15. The van der Waals surface area contributed by atoms with Gasteiger partial charge in [0.05, 0.1) is 5.75 Å². The predicted molar refractivity (Wildman–Crippen MR) is 91.8 cm³/mol. The standard InChI is InChI=1S/C17H28N2OS/c1-6-17(4,5)19-16(20)12-21-15-10-8-14(9-11-15)13(3)18-7-2/h8-11,13,18H,6-7,12H2,1-5H3,(H,19,20). The van der Waals surface area contributed by atoms with Crippen LogP contribution in [0.2, 0.25) is 0 Å². The normalized spacial score (nSPS) is 13.0. The molecule has 1 rings (SSSR count). The van der Waals surface area contributed by atoms with Crippen LogP contribution in [0.3, 0.4) is 0 Å². The third-order valence-corrected chi connectivity index (χ3v) is 4.63. The van der Waals surface area contributed by atoms with E-state index < -0.39 is 0 Å². The molecule has 3 nitrogen and oxygen atoms in total. The highest BCUT2D eigenvalue weighted by Crippen LogP contribution is 2.21. The number of carbonyl (C=O) groups excluding carboxylic acids is 1. The first-order chi connectivity index (χ1) is 9.88.